The van der Waals surface area contributed by atoms with Crippen molar-refractivity contribution in [3.63, 3.8) is 0 Å². The van der Waals surface area contributed by atoms with Gasteiger partial charge in [0.15, 0.2) is 5.82 Å². The molecule has 102 valence electrons. The fourth-order valence-electron chi connectivity index (χ4n) is 1.95. The predicted octanol–water partition coefficient (Wildman–Crippen LogP) is 1.57. The fraction of sp³-hybridized carbons (Fsp3) is 0.462. The molecule has 0 amide bonds. The lowest BCUT2D eigenvalue weighted by Crippen LogP contribution is -2.17. The molecule has 0 aliphatic rings. The van der Waals surface area contributed by atoms with E-state index in [4.69, 9.17) is 10.5 Å². The Labute approximate surface area is 112 Å². The van der Waals surface area contributed by atoms with E-state index in [0.717, 1.165) is 22.4 Å². The van der Waals surface area contributed by atoms with E-state index < -0.39 is 0 Å². The number of aromatic nitrogens is 4. The molecule has 6 heteroatoms. The molecule has 2 rings (SSSR count). The molecule has 2 aromatic rings. The van der Waals surface area contributed by atoms with E-state index in [1.807, 2.05) is 32.9 Å². The first kappa shape index (κ1) is 13.5. The van der Waals surface area contributed by atoms with Gasteiger partial charge in [-0.2, -0.15) is 0 Å². The van der Waals surface area contributed by atoms with Gasteiger partial charge in [0.25, 0.3) is 0 Å². The maximum atomic E-state index is 5.97. The standard InChI is InChI=1S/C13H19N5O/c1-8-5-9(2)12(14)6-11(8)13-15-16-17-18(13)7-10(3)19-4/h5-6,10H,7,14H2,1-4H3. The summed E-state index contributed by atoms with van der Waals surface area (Å²) in [7, 11) is 1.67. The SMILES string of the molecule is COC(C)Cn1nnnc1-c1cc(N)c(C)cc1C. The topological polar surface area (TPSA) is 78.8 Å². The van der Waals surface area contributed by atoms with E-state index in [2.05, 4.69) is 15.5 Å². The van der Waals surface area contributed by atoms with E-state index in [1.165, 1.54) is 0 Å². The molecule has 0 aliphatic heterocycles. The molecule has 0 saturated carbocycles. The van der Waals surface area contributed by atoms with Crippen molar-refractivity contribution >= 4 is 5.69 Å². The van der Waals surface area contributed by atoms with Gasteiger partial charge in [0, 0.05) is 18.4 Å². The number of tetrazole rings is 1. The van der Waals surface area contributed by atoms with Gasteiger partial charge < -0.3 is 10.5 Å². The summed E-state index contributed by atoms with van der Waals surface area (Å²) >= 11 is 0. The first-order valence-electron chi connectivity index (χ1n) is 6.19. The third-order valence-electron chi connectivity index (χ3n) is 3.22. The Balaban J connectivity index is 2.42. The Morgan fingerprint density at radius 2 is 2.05 bits per heavy atom. The average molecular weight is 261 g/mol. The summed E-state index contributed by atoms with van der Waals surface area (Å²) in [4.78, 5) is 0. The lowest BCUT2D eigenvalue weighted by Gasteiger charge is -2.12. The molecule has 1 unspecified atom stereocenters. The summed E-state index contributed by atoms with van der Waals surface area (Å²) in [5.41, 5.74) is 9.84. The highest BCUT2D eigenvalue weighted by atomic mass is 16.5. The van der Waals surface area contributed by atoms with Crippen molar-refractivity contribution in [1.29, 1.82) is 0 Å². The summed E-state index contributed by atoms with van der Waals surface area (Å²) in [6.45, 7) is 6.59. The van der Waals surface area contributed by atoms with Crippen molar-refractivity contribution in [1.82, 2.24) is 20.2 Å². The zero-order valence-electron chi connectivity index (χ0n) is 11.7. The second-order valence-electron chi connectivity index (χ2n) is 4.75. The van der Waals surface area contributed by atoms with E-state index in [-0.39, 0.29) is 6.10 Å². The highest BCUT2D eigenvalue weighted by Crippen LogP contribution is 2.26. The van der Waals surface area contributed by atoms with Crippen molar-refractivity contribution < 1.29 is 4.74 Å². The molecule has 1 aromatic heterocycles. The zero-order valence-corrected chi connectivity index (χ0v) is 11.7. The van der Waals surface area contributed by atoms with Crippen molar-refractivity contribution in [2.45, 2.75) is 33.4 Å². The first-order valence-corrected chi connectivity index (χ1v) is 6.19. The lowest BCUT2D eigenvalue weighted by molar-refractivity contribution is 0.0997. The molecule has 1 atom stereocenters. The lowest BCUT2D eigenvalue weighted by atomic mass is 10.0. The Morgan fingerprint density at radius 3 is 2.74 bits per heavy atom. The monoisotopic (exact) mass is 261 g/mol. The third kappa shape index (κ3) is 2.73. The van der Waals surface area contributed by atoms with Gasteiger partial charge in [-0.3, -0.25) is 0 Å². The maximum absolute atomic E-state index is 5.97. The van der Waals surface area contributed by atoms with E-state index in [0.29, 0.717) is 12.4 Å². The summed E-state index contributed by atoms with van der Waals surface area (Å²) in [6.07, 6.45) is 0.0466. The molecule has 0 radical (unpaired) electrons. The summed E-state index contributed by atoms with van der Waals surface area (Å²) in [5, 5.41) is 11.9. The highest BCUT2D eigenvalue weighted by molar-refractivity contribution is 5.67. The average Bonchev–Trinajstić information content (AvgIpc) is 2.81. The minimum Gasteiger partial charge on any atom is -0.398 e. The Kier molecular flexibility index (Phi) is 3.80. The van der Waals surface area contributed by atoms with Crippen LogP contribution >= 0.6 is 0 Å². The van der Waals surface area contributed by atoms with Crippen LogP contribution in [-0.4, -0.2) is 33.4 Å². The normalized spacial score (nSPS) is 12.6. The van der Waals surface area contributed by atoms with Gasteiger partial charge >= 0.3 is 0 Å². The Morgan fingerprint density at radius 1 is 1.32 bits per heavy atom. The Hall–Kier alpha value is -1.95. The molecule has 0 fully saturated rings. The van der Waals surface area contributed by atoms with Crippen LogP contribution in [0.2, 0.25) is 0 Å². The highest BCUT2D eigenvalue weighted by Gasteiger charge is 2.14. The maximum Gasteiger partial charge on any atom is 0.182 e. The molecule has 19 heavy (non-hydrogen) atoms. The van der Waals surface area contributed by atoms with Gasteiger partial charge in [0.05, 0.1) is 12.6 Å². The van der Waals surface area contributed by atoms with Crippen LogP contribution in [-0.2, 0) is 11.3 Å². The van der Waals surface area contributed by atoms with Gasteiger partial charge in [-0.15, -0.1) is 5.10 Å². The number of nitrogens with zero attached hydrogens (tertiary/aromatic N) is 4. The van der Waals surface area contributed by atoms with Crippen molar-refractivity contribution in [2.24, 2.45) is 0 Å². The molecule has 6 nitrogen and oxygen atoms in total. The summed E-state index contributed by atoms with van der Waals surface area (Å²) < 4.78 is 6.99. The first-order chi connectivity index (χ1) is 9.02. The Bertz CT molecular complexity index is 578. The fourth-order valence-corrected chi connectivity index (χ4v) is 1.95. The summed E-state index contributed by atoms with van der Waals surface area (Å²) in [6, 6.07) is 3.97. The second-order valence-corrected chi connectivity index (χ2v) is 4.75. The van der Waals surface area contributed by atoms with Gasteiger partial charge in [-0.25, -0.2) is 4.68 Å². The quantitative estimate of drug-likeness (QED) is 0.845. The number of nitrogen functional groups attached to an aromatic ring is 1. The van der Waals surface area contributed by atoms with Crippen LogP contribution in [0, 0.1) is 13.8 Å². The van der Waals surface area contributed by atoms with Gasteiger partial charge in [0.1, 0.15) is 0 Å². The number of nitrogens with two attached hydrogens (primary N) is 1. The third-order valence-corrected chi connectivity index (χ3v) is 3.22. The van der Waals surface area contributed by atoms with Crippen LogP contribution in [0.5, 0.6) is 0 Å². The van der Waals surface area contributed by atoms with Crippen LogP contribution in [0.25, 0.3) is 11.4 Å². The number of hydrogen-bond acceptors (Lipinski definition) is 5. The molecule has 0 bridgehead atoms. The van der Waals surface area contributed by atoms with E-state index in [1.54, 1.807) is 11.8 Å². The molecule has 0 aliphatic carbocycles. The predicted molar refractivity (Wildman–Crippen MR) is 73.6 cm³/mol. The molecular formula is C13H19N5O. The number of aryl methyl sites for hydroxylation is 2. The number of benzene rings is 1. The van der Waals surface area contributed by atoms with E-state index in [9.17, 15) is 0 Å². The van der Waals surface area contributed by atoms with Crippen molar-refractivity contribution in [3.05, 3.63) is 23.3 Å². The van der Waals surface area contributed by atoms with Gasteiger partial charge in [0.2, 0.25) is 0 Å². The molecule has 2 N–H and O–H groups in total. The van der Waals surface area contributed by atoms with Crippen LogP contribution in [0.3, 0.4) is 0 Å². The van der Waals surface area contributed by atoms with Crippen LogP contribution in [0.4, 0.5) is 5.69 Å². The van der Waals surface area contributed by atoms with Gasteiger partial charge in [-0.05, 0) is 48.4 Å². The van der Waals surface area contributed by atoms with E-state index >= 15 is 0 Å². The van der Waals surface area contributed by atoms with Crippen molar-refractivity contribution in [3.8, 4) is 11.4 Å². The van der Waals surface area contributed by atoms with Crippen molar-refractivity contribution in [2.75, 3.05) is 12.8 Å². The van der Waals surface area contributed by atoms with Crippen LogP contribution in [0.1, 0.15) is 18.1 Å². The minimum atomic E-state index is 0.0466. The number of hydrogen-bond donors (Lipinski definition) is 1. The number of ether oxygens (including phenoxy) is 1. The van der Waals surface area contributed by atoms with Crippen LogP contribution in [0.15, 0.2) is 12.1 Å². The molecule has 0 saturated heterocycles. The number of methoxy groups -OCH3 is 1. The number of anilines is 1. The van der Waals surface area contributed by atoms with Crippen LogP contribution < -0.4 is 5.73 Å². The second kappa shape index (κ2) is 5.36. The molecule has 0 spiro atoms. The largest absolute Gasteiger partial charge is 0.398 e. The number of rotatable bonds is 4. The zero-order chi connectivity index (χ0) is 14.0. The molecule has 1 heterocycles. The smallest absolute Gasteiger partial charge is 0.182 e. The van der Waals surface area contributed by atoms with Gasteiger partial charge in [-0.1, -0.05) is 6.07 Å². The summed E-state index contributed by atoms with van der Waals surface area (Å²) in [5.74, 6) is 0.716. The molecule has 1 aromatic carbocycles. The molecular weight excluding hydrogens is 242 g/mol. The minimum absolute atomic E-state index is 0.0466.